The van der Waals surface area contributed by atoms with Gasteiger partial charge in [-0.25, -0.2) is 9.59 Å². The van der Waals surface area contributed by atoms with E-state index >= 15 is 0 Å². The largest absolute Gasteiger partial charge is 0.508 e. The molecule has 0 aliphatic carbocycles. The van der Waals surface area contributed by atoms with Gasteiger partial charge in [-0.05, 0) is 61.7 Å². The predicted molar refractivity (Wildman–Crippen MR) is 114 cm³/mol. The van der Waals surface area contributed by atoms with Crippen LogP contribution in [-0.4, -0.2) is 41.3 Å². The number of aliphatic carboxylic acids is 1. The van der Waals surface area contributed by atoms with Gasteiger partial charge < -0.3 is 19.7 Å². The van der Waals surface area contributed by atoms with Crippen LogP contribution in [0.2, 0.25) is 0 Å². The number of methoxy groups -OCH3 is 1. The molecule has 8 heteroatoms. The second-order valence-corrected chi connectivity index (χ2v) is 6.77. The lowest BCUT2D eigenvalue weighted by atomic mass is 10.00. The highest BCUT2D eigenvalue weighted by molar-refractivity contribution is 5.95. The van der Waals surface area contributed by atoms with Gasteiger partial charge in [0, 0.05) is 24.4 Å². The first-order chi connectivity index (χ1) is 14.8. The molecule has 1 amide bonds. The summed E-state index contributed by atoms with van der Waals surface area (Å²) < 4.78 is 11.1. The zero-order valence-electron chi connectivity index (χ0n) is 17.3. The molecule has 2 atom stereocenters. The van der Waals surface area contributed by atoms with E-state index in [4.69, 9.17) is 14.6 Å². The standard InChI is InChI=1S/C23H25NO7/c1-15(25)16-7-11-18(12-8-16)24-23(29)31-22(17-9-13-19(26)14-10-17)20(30-2)5-3-4-6-21(27)28/h4,6-14,20,22,26H,3,5H2,1-2H3,(H,24,29)(H,27,28)/b6-4+/t20-,22-/m0/s1. The first-order valence-corrected chi connectivity index (χ1v) is 9.60. The minimum absolute atomic E-state index is 0.0656. The van der Waals surface area contributed by atoms with Crippen molar-refractivity contribution in [3.8, 4) is 5.75 Å². The predicted octanol–water partition coefficient (Wildman–Crippen LogP) is 4.32. The molecule has 0 fully saturated rings. The summed E-state index contributed by atoms with van der Waals surface area (Å²) >= 11 is 0. The molecule has 0 saturated heterocycles. The zero-order chi connectivity index (χ0) is 22.8. The molecule has 0 aromatic heterocycles. The molecular weight excluding hydrogens is 402 g/mol. The molecule has 2 rings (SSSR count). The smallest absolute Gasteiger partial charge is 0.412 e. The van der Waals surface area contributed by atoms with Gasteiger partial charge in [-0.15, -0.1) is 0 Å². The Kier molecular flexibility index (Phi) is 8.78. The Hall–Kier alpha value is -3.65. The minimum Gasteiger partial charge on any atom is -0.508 e. The first kappa shape index (κ1) is 23.6. The average Bonchev–Trinajstić information content (AvgIpc) is 2.73. The molecule has 0 spiro atoms. The number of carboxylic acids is 1. The fourth-order valence-corrected chi connectivity index (χ4v) is 2.91. The molecule has 3 N–H and O–H groups in total. The summed E-state index contributed by atoms with van der Waals surface area (Å²) in [4.78, 5) is 34.5. The lowest BCUT2D eigenvalue weighted by Gasteiger charge is -2.26. The van der Waals surface area contributed by atoms with Crippen molar-refractivity contribution in [2.45, 2.75) is 32.0 Å². The van der Waals surface area contributed by atoms with Crippen molar-refractivity contribution in [1.82, 2.24) is 0 Å². The van der Waals surface area contributed by atoms with Crippen LogP contribution in [-0.2, 0) is 14.3 Å². The van der Waals surface area contributed by atoms with E-state index in [2.05, 4.69) is 5.32 Å². The van der Waals surface area contributed by atoms with Crippen LogP contribution in [0.4, 0.5) is 10.5 Å². The van der Waals surface area contributed by atoms with Crippen molar-refractivity contribution in [1.29, 1.82) is 0 Å². The van der Waals surface area contributed by atoms with E-state index in [9.17, 15) is 19.5 Å². The topological polar surface area (TPSA) is 122 Å². The van der Waals surface area contributed by atoms with Gasteiger partial charge in [0.1, 0.15) is 5.75 Å². The van der Waals surface area contributed by atoms with Crippen molar-refractivity contribution in [2.75, 3.05) is 12.4 Å². The molecule has 0 aliphatic rings. The van der Waals surface area contributed by atoms with E-state index in [0.29, 0.717) is 29.7 Å². The number of amides is 1. The third kappa shape index (κ3) is 7.60. The third-order valence-corrected chi connectivity index (χ3v) is 4.51. The second-order valence-electron chi connectivity index (χ2n) is 6.77. The van der Waals surface area contributed by atoms with Crippen LogP contribution in [0.3, 0.4) is 0 Å². The van der Waals surface area contributed by atoms with Crippen molar-refractivity contribution < 1.29 is 34.1 Å². The number of rotatable bonds is 10. The van der Waals surface area contributed by atoms with Gasteiger partial charge in [0.2, 0.25) is 0 Å². The Balaban J connectivity index is 2.14. The number of Topliss-reactive ketones (excluding diaryl/α,β-unsaturated/α-hetero) is 1. The number of carboxylic acid groups (broad SMARTS) is 1. The molecule has 0 aliphatic heterocycles. The Labute approximate surface area is 180 Å². The molecule has 0 bridgehead atoms. The SMILES string of the molecule is CO[C@@H](CC/C=C/C(=O)O)[C@@H](OC(=O)Nc1ccc(C(C)=O)cc1)c1ccc(O)cc1. The van der Waals surface area contributed by atoms with Crippen LogP contribution < -0.4 is 5.32 Å². The van der Waals surface area contributed by atoms with Crippen LogP contribution >= 0.6 is 0 Å². The van der Waals surface area contributed by atoms with Gasteiger partial charge >= 0.3 is 12.1 Å². The Bertz CT molecular complexity index is 920. The van der Waals surface area contributed by atoms with Gasteiger partial charge in [0.15, 0.2) is 11.9 Å². The molecule has 2 aromatic carbocycles. The van der Waals surface area contributed by atoms with E-state index in [1.807, 2.05) is 0 Å². The number of ketones is 1. The minimum atomic E-state index is -1.05. The van der Waals surface area contributed by atoms with Crippen molar-refractivity contribution >= 4 is 23.5 Å². The Morgan fingerprint density at radius 3 is 2.26 bits per heavy atom. The maximum absolute atomic E-state index is 12.5. The Morgan fingerprint density at radius 1 is 1.06 bits per heavy atom. The number of ether oxygens (including phenoxy) is 2. The molecular formula is C23H25NO7. The van der Waals surface area contributed by atoms with Crippen LogP contribution in [0.5, 0.6) is 5.75 Å². The van der Waals surface area contributed by atoms with Gasteiger partial charge in [-0.2, -0.15) is 0 Å². The molecule has 0 unspecified atom stereocenters. The number of allylic oxidation sites excluding steroid dienone is 1. The maximum Gasteiger partial charge on any atom is 0.412 e. The van der Waals surface area contributed by atoms with Gasteiger partial charge in [0.05, 0.1) is 6.10 Å². The summed E-state index contributed by atoms with van der Waals surface area (Å²) in [6.07, 6.45) is 1.24. The van der Waals surface area contributed by atoms with Gasteiger partial charge in [-0.1, -0.05) is 18.2 Å². The number of hydrogen-bond acceptors (Lipinski definition) is 6. The molecule has 2 aromatic rings. The molecule has 8 nitrogen and oxygen atoms in total. The summed E-state index contributed by atoms with van der Waals surface area (Å²) in [5.41, 5.74) is 1.58. The molecule has 164 valence electrons. The number of carbonyl (C=O) groups excluding carboxylic acids is 2. The van der Waals surface area contributed by atoms with Crippen molar-refractivity contribution in [3.05, 3.63) is 71.8 Å². The average molecular weight is 427 g/mol. The number of phenolic OH excluding ortho intramolecular Hbond substituents is 1. The van der Waals surface area contributed by atoms with Crippen LogP contribution in [0.15, 0.2) is 60.7 Å². The highest BCUT2D eigenvalue weighted by Crippen LogP contribution is 2.28. The number of hydrogen-bond donors (Lipinski definition) is 3. The number of phenols is 1. The number of nitrogens with one attached hydrogen (secondary N) is 1. The first-order valence-electron chi connectivity index (χ1n) is 9.60. The summed E-state index contributed by atoms with van der Waals surface area (Å²) in [7, 11) is 1.47. The van der Waals surface area contributed by atoms with Crippen LogP contribution in [0.1, 0.15) is 41.8 Å². The number of aromatic hydroxyl groups is 1. The molecule has 0 saturated carbocycles. The summed E-state index contributed by atoms with van der Waals surface area (Å²) in [6, 6.07) is 12.6. The second kappa shape index (κ2) is 11.5. The van der Waals surface area contributed by atoms with Crippen molar-refractivity contribution in [3.63, 3.8) is 0 Å². The van der Waals surface area contributed by atoms with Gasteiger partial charge in [-0.3, -0.25) is 10.1 Å². The number of benzene rings is 2. The molecule has 0 heterocycles. The van der Waals surface area contributed by atoms with E-state index < -0.39 is 24.3 Å². The van der Waals surface area contributed by atoms with Crippen molar-refractivity contribution in [2.24, 2.45) is 0 Å². The highest BCUT2D eigenvalue weighted by Gasteiger charge is 2.27. The van der Waals surface area contributed by atoms with E-state index in [-0.39, 0.29) is 11.5 Å². The van der Waals surface area contributed by atoms with E-state index in [1.165, 1.54) is 32.2 Å². The maximum atomic E-state index is 12.5. The molecule has 31 heavy (non-hydrogen) atoms. The molecule has 0 radical (unpaired) electrons. The number of carbonyl (C=O) groups is 3. The third-order valence-electron chi connectivity index (χ3n) is 4.51. The van der Waals surface area contributed by atoms with Crippen LogP contribution in [0.25, 0.3) is 0 Å². The summed E-state index contributed by atoms with van der Waals surface area (Å²) in [6.45, 7) is 1.45. The Morgan fingerprint density at radius 2 is 1.71 bits per heavy atom. The summed E-state index contributed by atoms with van der Waals surface area (Å²) in [5.74, 6) is -1.06. The summed E-state index contributed by atoms with van der Waals surface area (Å²) in [5, 5.41) is 20.9. The quantitative estimate of drug-likeness (QED) is 0.381. The van der Waals surface area contributed by atoms with Crippen LogP contribution in [0, 0.1) is 0 Å². The lowest BCUT2D eigenvalue weighted by molar-refractivity contribution is -0.131. The van der Waals surface area contributed by atoms with Gasteiger partial charge in [0.25, 0.3) is 0 Å². The normalized spacial score (nSPS) is 12.8. The van der Waals surface area contributed by atoms with E-state index in [1.54, 1.807) is 36.4 Å². The number of anilines is 1. The lowest BCUT2D eigenvalue weighted by Crippen LogP contribution is -2.28. The fourth-order valence-electron chi connectivity index (χ4n) is 2.91. The van der Waals surface area contributed by atoms with E-state index in [0.717, 1.165) is 6.08 Å². The highest BCUT2D eigenvalue weighted by atomic mass is 16.6. The monoisotopic (exact) mass is 427 g/mol. The zero-order valence-corrected chi connectivity index (χ0v) is 17.3. The fraction of sp³-hybridized carbons (Fsp3) is 0.261.